The molecule has 0 fully saturated rings. The number of nitrogens with zero attached hydrogens (tertiary/aromatic N) is 5. The lowest BCUT2D eigenvalue weighted by Gasteiger charge is -2.02. The van der Waals surface area contributed by atoms with Crippen LogP contribution in [0, 0.1) is 6.92 Å². The fraction of sp³-hybridized carbons (Fsp3) is 0.250. The summed E-state index contributed by atoms with van der Waals surface area (Å²) in [7, 11) is 1.83. The van der Waals surface area contributed by atoms with E-state index in [0.717, 1.165) is 15.7 Å². The summed E-state index contributed by atoms with van der Waals surface area (Å²) >= 11 is 7.13. The van der Waals surface area contributed by atoms with Crippen LogP contribution >= 0.6 is 23.4 Å². The van der Waals surface area contributed by atoms with Crippen LogP contribution in [0.25, 0.3) is 0 Å². The van der Waals surface area contributed by atoms with Gasteiger partial charge in [-0.2, -0.15) is 5.10 Å². The van der Waals surface area contributed by atoms with Crippen molar-refractivity contribution in [1.82, 2.24) is 24.7 Å². The van der Waals surface area contributed by atoms with Gasteiger partial charge in [-0.25, -0.2) is 19.6 Å². The lowest BCUT2D eigenvalue weighted by atomic mass is 10.4. The van der Waals surface area contributed by atoms with Gasteiger partial charge in [0.15, 0.2) is 5.16 Å². The van der Waals surface area contributed by atoms with E-state index in [2.05, 4.69) is 20.1 Å². The van der Waals surface area contributed by atoms with Gasteiger partial charge in [0.1, 0.15) is 11.4 Å². The Labute approximate surface area is 95.9 Å². The molecule has 0 radical (unpaired) electrons. The second kappa shape index (κ2) is 4.16. The number of aryl methyl sites for hydroxylation is 2. The van der Waals surface area contributed by atoms with E-state index in [9.17, 15) is 0 Å². The highest BCUT2D eigenvalue weighted by Gasteiger charge is 2.08. The zero-order valence-corrected chi connectivity index (χ0v) is 9.75. The molecule has 0 unspecified atom stereocenters. The molecule has 2 aromatic rings. The highest BCUT2D eigenvalue weighted by atomic mass is 35.5. The van der Waals surface area contributed by atoms with E-state index >= 15 is 0 Å². The lowest BCUT2D eigenvalue weighted by molar-refractivity contribution is 0.684. The molecule has 0 saturated carbocycles. The van der Waals surface area contributed by atoms with Gasteiger partial charge in [-0.1, -0.05) is 0 Å². The Bertz CT molecular complexity index is 484. The zero-order chi connectivity index (χ0) is 10.8. The van der Waals surface area contributed by atoms with Crippen LogP contribution in [0.2, 0.25) is 5.28 Å². The summed E-state index contributed by atoms with van der Waals surface area (Å²) in [5, 5.41) is 5.78. The summed E-state index contributed by atoms with van der Waals surface area (Å²) in [4.78, 5) is 12.1. The molecule has 0 bridgehead atoms. The predicted octanol–water partition coefficient (Wildman–Crippen LogP) is 1.72. The molecule has 2 rings (SSSR count). The second-order valence-corrected chi connectivity index (χ2v) is 4.19. The molecule has 2 heterocycles. The first kappa shape index (κ1) is 10.4. The molecule has 5 nitrogen and oxygen atoms in total. The van der Waals surface area contributed by atoms with E-state index in [-0.39, 0.29) is 5.28 Å². The van der Waals surface area contributed by atoms with E-state index in [1.54, 1.807) is 10.9 Å². The van der Waals surface area contributed by atoms with Crippen molar-refractivity contribution >= 4 is 23.4 Å². The molecule has 0 saturated heterocycles. The van der Waals surface area contributed by atoms with Crippen molar-refractivity contribution in [3.8, 4) is 0 Å². The average molecular weight is 242 g/mol. The van der Waals surface area contributed by atoms with Gasteiger partial charge in [-0.05, 0) is 30.3 Å². The van der Waals surface area contributed by atoms with Gasteiger partial charge in [-0.15, -0.1) is 0 Å². The van der Waals surface area contributed by atoms with Crippen LogP contribution in [-0.2, 0) is 7.05 Å². The maximum atomic E-state index is 5.72. The molecular formula is C8H8ClN5S. The highest BCUT2D eigenvalue weighted by molar-refractivity contribution is 7.99. The van der Waals surface area contributed by atoms with Crippen molar-refractivity contribution in [2.24, 2.45) is 7.05 Å². The van der Waals surface area contributed by atoms with Crippen molar-refractivity contribution in [2.75, 3.05) is 0 Å². The number of aromatic nitrogens is 5. The van der Waals surface area contributed by atoms with Crippen LogP contribution in [0.3, 0.4) is 0 Å². The van der Waals surface area contributed by atoms with Gasteiger partial charge in [0.25, 0.3) is 0 Å². The SMILES string of the molecule is Cc1cnc(Cl)nc1Sc1ncnn1C. The molecule has 0 aromatic carbocycles. The second-order valence-electron chi connectivity index (χ2n) is 2.90. The maximum absolute atomic E-state index is 5.72. The Balaban J connectivity index is 2.32. The van der Waals surface area contributed by atoms with Gasteiger partial charge in [0, 0.05) is 18.8 Å². The van der Waals surface area contributed by atoms with E-state index in [0.29, 0.717) is 0 Å². The molecule has 0 aliphatic carbocycles. The summed E-state index contributed by atoms with van der Waals surface area (Å²) in [6.45, 7) is 1.93. The number of rotatable bonds is 2. The van der Waals surface area contributed by atoms with Crippen molar-refractivity contribution in [3.05, 3.63) is 23.4 Å². The van der Waals surface area contributed by atoms with E-state index < -0.39 is 0 Å². The molecule has 2 aromatic heterocycles. The smallest absolute Gasteiger partial charge is 0.223 e. The Kier molecular flexibility index (Phi) is 2.88. The van der Waals surface area contributed by atoms with E-state index in [1.807, 2.05) is 14.0 Å². The quantitative estimate of drug-likeness (QED) is 0.592. The first-order chi connectivity index (χ1) is 7.16. The number of hydrogen-bond donors (Lipinski definition) is 0. The highest BCUT2D eigenvalue weighted by Crippen LogP contribution is 2.26. The maximum Gasteiger partial charge on any atom is 0.223 e. The third kappa shape index (κ3) is 2.27. The van der Waals surface area contributed by atoms with Crippen LogP contribution < -0.4 is 0 Å². The predicted molar refractivity (Wildman–Crippen MR) is 56.9 cm³/mol. The minimum absolute atomic E-state index is 0.241. The summed E-state index contributed by atoms with van der Waals surface area (Å²) in [6.07, 6.45) is 3.19. The van der Waals surface area contributed by atoms with Crippen molar-refractivity contribution in [1.29, 1.82) is 0 Å². The minimum atomic E-state index is 0.241. The number of hydrogen-bond acceptors (Lipinski definition) is 5. The van der Waals surface area contributed by atoms with Gasteiger partial charge < -0.3 is 0 Å². The monoisotopic (exact) mass is 241 g/mol. The molecule has 78 valence electrons. The van der Waals surface area contributed by atoms with Crippen LogP contribution in [0.1, 0.15) is 5.56 Å². The molecule has 0 amide bonds. The standard InChI is InChI=1S/C8H8ClN5S/c1-5-3-10-7(9)13-6(5)15-8-11-4-12-14(8)2/h3-4H,1-2H3. The first-order valence-electron chi connectivity index (χ1n) is 4.18. The average Bonchev–Trinajstić information content (AvgIpc) is 2.58. The summed E-state index contributed by atoms with van der Waals surface area (Å²) in [6, 6.07) is 0. The Hall–Kier alpha value is -1.14. The van der Waals surface area contributed by atoms with Crippen molar-refractivity contribution in [3.63, 3.8) is 0 Å². The number of halogens is 1. The molecule has 15 heavy (non-hydrogen) atoms. The first-order valence-corrected chi connectivity index (χ1v) is 5.37. The molecule has 0 atom stereocenters. The van der Waals surface area contributed by atoms with Gasteiger partial charge in [-0.3, -0.25) is 0 Å². The molecule has 0 aliphatic heterocycles. The Morgan fingerprint density at radius 2 is 2.20 bits per heavy atom. The van der Waals surface area contributed by atoms with E-state index in [4.69, 9.17) is 11.6 Å². The van der Waals surface area contributed by atoms with Gasteiger partial charge >= 0.3 is 0 Å². The Morgan fingerprint density at radius 3 is 2.87 bits per heavy atom. The van der Waals surface area contributed by atoms with Crippen LogP contribution in [0.4, 0.5) is 0 Å². The summed E-state index contributed by atoms with van der Waals surface area (Å²) in [5.41, 5.74) is 0.965. The minimum Gasteiger partial charge on any atom is -0.244 e. The Morgan fingerprint density at radius 1 is 1.40 bits per heavy atom. The lowest BCUT2D eigenvalue weighted by Crippen LogP contribution is -1.95. The van der Waals surface area contributed by atoms with E-state index in [1.165, 1.54) is 18.1 Å². The van der Waals surface area contributed by atoms with Gasteiger partial charge in [0.2, 0.25) is 5.28 Å². The molecule has 0 aliphatic rings. The van der Waals surface area contributed by atoms with Crippen molar-refractivity contribution in [2.45, 2.75) is 17.1 Å². The fourth-order valence-electron chi connectivity index (χ4n) is 0.974. The zero-order valence-electron chi connectivity index (χ0n) is 8.18. The van der Waals surface area contributed by atoms with Crippen LogP contribution in [0.15, 0.2) is 22.7 Å². The van der Waals surface area contributed by atoms with Gasteiger partial charge in [0.05, 0.1) is 0 Å². The van der Waals surface area contributed by atoms with Crippen LogP contribution in [0.5, 0.6) is 0 Å². The van der Waals surface area contributed by atoms with Crippen molar-refractivity contribution < 1.29 is 0 Å². The summed E-state index contributed by atoms with van der Waals surface area (Å²) in [5.74, 6) is 0. The normalized spacial score (nSPS) is 10.6. The third-order valence-corrected chi connectivity index (χ3v) is 3.09. The molecule has 7 heteroatoms. The topological polar surface area (TPSA) is 56.5 Å². The molecule has 0 N–H and O–H groups in total. The molecule has 0 spiro atoms. The third-order valence-electron chi connectivity index (χ3n) is 1.75. The van der Waals surface area contributed by atoms with Crippen LogP contribution in [-0.4, -0.2) is 24.7 Å². The largest absolute Gasteiger partial charge is 0.244 e. The fourth-order valence-corrected chi connectivity index (χ4v) is 1.96. The summed E-state index contributed by atoms with van der Waals surface area (Å²) < 4.78 is 1.68. The molecular weight excluding hydrogens is 234 g/mol.